The van der Waals surface area contributed by atoms with Crippen molar-refractivity contribution in [3.8, 4) is 0 Å². The number of carboxylic acids is 1. The summed E-state index contributed by atoms with van der Waals surface area (Å²) in [6.07, 6.45) is -0.0844. The Hall–Kier alpha value is -0.610. The molecular formula is C8H15NO3. The molecule has 1 aliphatic rings. The number of carboxylic acid groups (broad SMARTS) is 1. The van der Waals surface area contributed by atoms with E-state index in [1.807, 2.05) is 13.8 Å². The topological polar surface area (TPSA) is 58.6 Å². The number of aliphatic carboxylic acids is 1. The monoisotopic (exact) mass is 173 g/mol. The number of hydrogen-bond donors (Lipinski definition) is 2. The fraction of sp³-hybridized carbons (Fsp3) is 0.875. The Labute approximate surface area is 71.9 Å². The second-order valence-corrected chi connectivity index (χ2v) is 3.80. The fourth-order valence-electron chi connectivity index (χ4n) is 1.15. The average molecular weight is 173 g/mol. The third-order valence-corrected chi connectivity index (χ3v) is 1.89. The summed E-state index contributed by atoms with van der Waals surface area (Å²) in [6.45, 7) is 5.26. The standard InChI is InChI=1S/C8H15NO3/c1-8(2)5-12-6(4-9-8)3-7(10)11/h6,9H,3-5H2,1-2H3,(H,10,11)/t6-/m0/s1. The van der Waals surface area contributed by atoms with Gasteiger partial charge in [-0.3, -0.25) is 4.79 Å². The van der Waals surface area contributed by atoms with E-state index in [1.54, 1.807) is 0 Å². The quantitative estimate of drug-likeness (QED) is 0.627. The zero-order valence-electron chi connectivity index (χ0n) is 7.46. The predicted molar refractivity (Wildman–Crippen MR) is 44.1 cm³/mol. The molecule has 0 saturated carbocycles. The number of hydrogen-bond acceptors (Lipinski definition) is 3. The van der Waals surface area contributed by atoms with Crippen LogP contribution in [0, 0.1) is 0 Å². The molecule has 1 atom stereocenters. The minimum atomic E-state index is -0.804. The molecule has 1 fully saturated rings. The number of carbonyl (C=O) groups is 1. The lowest BCUT2D eigenvalue weighted by Gasteiger charge is -2.35. The van der Waals surface area contributed by atoms with E-state index in [1.165, 1.54) is 0 Å². The Balaban J connectivity index is 2.31. The summed E-state index contributed by atoms with van der Waals surface area (Å²) in [6, 6.07) is 0. The fourth-order valence-corrected chi connectivity index (χ4v) is 1.15. The lowest BCUT2D eigenvalue weighted by Crippen LogP contribution is -2.53. The van der Waals surface area contributed by atoms with E-state index < -0.39 is 5.97 Å². The number of ether oxygens (including phenoxy) is 1. The summed E-state index contributed by atoms with van der Waals surface area (Å²) in [5, 5.41) is 11.7. The summed E-state index contributed by atoms with van der Waals surface area (Å²) in [7, 11) is 0. The van der Waals surface area contributed by atoms with Gasteiger partial charge in [0.15, 0.2) is 0 Å². The molecule has 0 spiro atoms. The van der Waals surface area contributed by atoms with Gasteiger partial charge in [-0.25, -0.2) is 0 Å². The van der Waals surface area contributed by atoms with Gasteiger partial charge in [0.05, 0.1) is 19.1 Å². The Morgan fingerprint density at radius 2 is 2.42 bits per heavy atom. The average Bonchev–Trinajstić information content (AvgIpc) is 1.93. The van der Waals surface area contributed by atoms with Crippen molar-refractivity contribution in [2.24, 2.45) is 0 Å². The highest BCUT2D eigenvalue weighted by atomic mass is 16.5. The first-order chi connectivity index (χ1) is 5.49. The molecule has 0 aromatic heterocycles. The lowest BCUT2D eigenvalue weighted by molar-refractivity contribution is -0.141. The molecule has 12 heavy (non-hydrogen) atoms. The van der Waals surface area contributed by atoms with Crippen LogP contribution in [0.2, 0.25) is 0 Å². The summed E-state index contributed by atoms with van der Waals surface area (Å²) in [5.74, 6) is -0.804. The van der Waals surface area contributed by atoms with Crippen molar-refractivity contribution in [1.82, 2.24) is 5.32 Å². The molecule has 0 aromatic carbocycles. The first-order valence-electron chi connectivity index (χ1n) is 4.08. The van der Waals surface area contributed by atoms with E-state index in [-0.39, 0.29) is 18.1 Å². The molecule has 1 rings (SSSR count). The van der Waals surface area contributed by atoms with E-state index in [9.17, 15) is 4.79 Å². The van der Waals surface area contributed by atoms with Crippen molar-refractivity contribution in [3.05, 3.63) is 0 Å². The summed E-state index contributed by atoms with van der Waals surface area (Å²) in [4.78, 5) is 10.3. The molecule has 2 N–H and O–H groups in total. The van der Waals surface area contributed by atoms with Gasteiger partial charge < -0.3 is 15.2 Å². The van der Waals surface area contributed by atoms with Crippen LogP contribution in [0.5, 0.6) is 0 Å². The zero-order valence-corrected chi connectivity index (χ0v) is 7.46. The number of rotatable bonds is 2. The molecule has 1 saturated heterocycles. The van der Waals surface area contributed by atoms with Crippen LogP contribution in [-0.2, 0) is 9.53 Å². The van der Waals surface area contributed by atoms with Gasteiger partial charge in [-0.15, -0.1) is 0 Å². The van der Waals surface area contributed by atoms with E-state index >= 15 is 0 Å². The first-order valence-corrected chi connectivity index (χ1v) is 4.08. The van der Waals surface area contributed by atoms with Crippen molar-refractivity contribution in [2.45, 2.75) is 31.9 Å². The van der Waals surface area contributed by atoms with Crippen LogP contribution < -0.4 is 5.32 Å². The Bertz CT molecular complexity index is 169. The van der Waals surface area contributed by atoms with Crippen molar-refractivity contribution in [1.29, 1.82) is 0 Å². The maximum atomic E-state index is 10.3. The highest BCUT2D eigenvalue weighted by Crippen LogP contribution is 2.12. The summed E-state index contributed by atoms with van der Waals surface area (Å²) in [5.41, 5.74) is -0.0188. The molecular weight excluding hydrogens is 158 g/mol. The van der Waals surface area contributed by atoms with Gasteiger partial charge in [-0.2, -0.15) is 0 Å². The highest BCUT2D eigenvalue weighted by molar-refractivity contribution is 5.67. The molecule has 0 aliphatic carbocycles. The maximum Gasteiger partial charge on any atom is 0.306 e. The van der Waals surface area contributed by atoms with E-state index in [0.29, 0.717) is 13.2 Å². The molecule has 0 unspecified atom stereocenters. The molecule has 4 nitrogen and oxygen atoms in total. The Morgan fingerprint density at radius 3 is 2.83 bits per heavy atom. The smallest absolute Gasteiger partial charge is 0.306 e. The van der Waals surface area contributed by atoms with Crippen molar-refractivity contribution in [2.75, 3.05) is 13.2 Å². The third kappa shape index (κ3) is 2.79. The van der Waals surface area contributed by atoms with E-state index in [4.69, 9.17) is 9.84 Å². The largest absolute Gasteiger partial charge is 0.481 e. The minimum absolute atomic E-state index is 0.0188. The molecule has 0 aromatic rings. The summed E-state index contributed by atoms with van der Waals surface area (Å²) >= 11 is 0. The van der Waals surface area contributed by atoms with Crippen LogP contribution in [-0.4, -0.2) is 35.9 Å². The molecule has 70 valence electrons. The minimum Gasteiger partial charge on any atom is -0.481 e. The molecule has 0 radical (unpaired) electrons. The second kappa shape index (κ2) is 3.41. The normalized spacial score (nSPS) is 28.3. The van der Waals surface area contributed by atoms with Crippen molar-refractivity contribution < 1.29 is 14.6 Å². The van der Waals surface area contributed by atoms with Gasteiger partial charge in [-0.05, 0) is 13.8 Å². The Kier molecular flexibility index (Phi) is 2.69. The molecule has 1 aliphatic heterocycles. The van der Waals surface area contributed by atoms with Crippen LogP contribution >= 0.6 is 0 Å². The van der Waals surface area contributed by atoms with Crippen LogP contribution in [0.4, 0.5) is 0 Å². The second-order valence-electron chi connectivity index (χ2n) is 3.80. The SMILES string of the molecule is CC1(C)CO[C@@H](CC(=O)O)CN1. The van der Waals surface area contributed by atoms with Crippen LogP contribution in [0.1, 0.15) is 20.3 Å². The number of nitrogens with one attached hydrogen (secondary N) is 1. The van der Waals surface area contributed by atoms with Gasteiger partial charge in [0, 0.05) is 12.1 Å². The van der Waals surface area contributed by atoms with Crippen LogP contribution in [0.25, 0.3) is 0 Å². The van der Waals surface area contributed by atoms with Gasteiger partial charge in [-0.1, -0.05) is 0 Å². The highest BCUT2D eigenvalue weighted by Gasteiger charge is 2.27. The third-order valence-electron chi connectivity index (χ3n) is 1.89. The molecule has 0 bridgehead atoms. The summed E-state index contributed by atoms with van der Waals surface area (Å²) < 4.78 is 5.36. The van der Waals surface area contributed by atoms with Crippen molar-refractivity contribution >= 4 is 5.97 Å². The van der Waals surface area contributed by atoms with Gasteiger partial charge >= 0.3 is 5.97 Å². The van der Waals surface area contributed by atoms with E-state index in [0.717, 1.165) is 0 Å². The first kappa shape index (κ1) is 9.48. The zero-order chi connectivity index (χ0) is 9.19. The van der Waals surface area contributed by atoms with Crippen LogP contribution in [0.3, 0.4) is 0 Å². The molecule has 4 heteroatoms. The lowest BCUT2D eigenvalue weighted by atomic mass is 10.0. The van der Waals surface area contributed by atoms with Crippen LogP contribution in [0.15, 0.2) is 0 Å². The van der Waals surface area contributed by atoms with Gasteiger partial charge in [0.25, 0.3) is 0 Å². The molecule has 1 heterocycles. The van der Waals surface area contributed by atoms with Crippen molar-refractivity contribution in [3.63, 3.8) is 0 Å². The maximum absolute atomic E-state index is 10.3. The van der Waals surface area contributed by atoms with Gasteiger partial charge in [0.1, 0.15) is 0 Å². The predicted octanol–water partition coefficient (Wildman–Crippen LogP) is 0.228. The molecule has 0 amide bonds. The van der Waals surface area contributed by atoms with E-state index in [2.05, 4.69) is 5.32 Å². The van der Waals surface area contributed by atoms with Gasteiger partial charge in [0.2, 0.25) is 0 Å². The Morgan fingerprint density at radius 1 is 1.75 bits per heavy atom. The number of morpholine rings is 1.